The first-order chi connectivity index (χ1) is 13.1. The lowest BCUT2D eigenvalue weighted by Crippen LogP contribution is -2.38. The van der Waals surface area contributed by atoms with Crippen LogP contribution in [-0.4, -0.2) is 39.6 Å². The first-order valence-electron chi connectivity index (χ1n) is 9.38. The average Bonchev–Trinajstić information content (AvgIpc) is 3.07. The lowest BCUT2D eigenvalue weighted by Gasteiger charge is -2.24. The molecule has 0 bridgehead atoms. The van der Waals surface area contributed by atoms with Crippen molar-refractivity contribution in [2.45, 2.75) is 38.8 Å². The number of anilines is 1. The molecule has 1 aliphatic heterocycles. The minimum absolute atomic E-state index is 0.0815. The summed E-state index contributed by atoms with van der Waals surface area (Å²) in [5.74, 6) is 1.05. The summed E-state index contributed by atoms with van der Waals surface area (Å²) < 4.78 is 22.1. The molecule has 0 spiro atoms. The van der Waals surface area contributed by atoms with Crippen LogP contribution in [0, 0.1) is 5.82 Å². The number of nitrogens with one attached hydrogen (secondary N) is 2. The molecule has 1 unspecified atom stereocenters. The van der Waals surface area contributed by atoms with Gasteiger partial charge in [-0.25, -0.2) is 14.4 Å². The summed E-state index contributed by atoms with van der Waals surface area (Å²) in [6.45, 7) is 5.88. The number of imidazole rings is 1. The molecule has 0 amide bonds. The third kappa shape index (κ3) is 3.88. The molecule has 3 aromatic heterocycles. The van der Waals surface area contributed by atoms with Crippen molar-refractivity contribution in [3.63, 3.8) is 0 Å². The molecule has 1 fully saturated rings. The summed E-state index contributed by atoms with van der Waals surface area (Å²) in [6, 6.07) is 7.15. The van der Waals surface area contributed by atoms with E-state index in [9.17, 15) is 4.39 Å². The van der Waals surface area contributed by atoms with Crippen LogP contribution in [-0.2, 0) is 0 Å². The average molecular weight is 369 g/mol. The highest BCUT2D eigenvalue weighted by Gasteiger charge is 2.17. The molecule has 27 heavy (non-hydrogen) atoms. The number of piperidine rings is 1. The van der Waals surface area contributed by atoms with Gasteiger partial charge in [-0.1, -0.05) is 0 Å². The van der Waals surface area contributed by atoms with Gasteiger partial charge in [-0.15, -0.1) is 0 Å². The van der Waals surface area contributed by atoms with E-state index in [4.69, 9.17) is 4.74 Å². The van der Waals surface area contributed by atoms with Gasteiger partial charge in [-0.3, -0.25) is 4.40 Å². The summed E-state index contributed by atoms with van der Waals surface area (Å²) in [5.41, 5.74) is 1.59. The fourth-order valence-corrected chi connectivity index (χ4v) is 3.37. The first kappa shape index (κ1) is 17.7. The molecule has 0 aliphatic carbocycles. The van der Waals surface area contributed by atoms with Crippen molar-refractivity contribution in [2.24, 2.45) is 0 Å². The Balaban J connectivity index is 1.64. The van der Waals surface area contributed by atoms with E-state index in [1.54, 1.807) is 12.3 Å². The smallest absolute Gasteiger partial charge is 0.151 e. The number of halogens is 1. The first-order valence-corrected chi connectivity index (χ1v) is 9.38. The van der Waals surface area contributed by atoms with E-state index in [-0.39, 0.29) is 17.6 Å². The Kier molecular flexibility index (Phi) is 4.94. The minimum Gasteiger partial charge on any atom is -0.491 e. The molecular weight excluding hydrogens is 345 g/mol. The minimum atomic E-state index is -0.369. The van der Waals surface area contributed by atoms with Crippen molar-refractivity contribution in [1.29, 1.82) is 0 Å². The van der Waals surface area contributed by atoms with Gasteiger partial charge in [0.05, 0.1) is 18.0 Å². The third-order valence-electron chi connectivity index (χ3n) is 4.59. The van der Waals surface area contributed by atoms with Crippen molar-refractivity contribution in [2.75, 3.05) is 18.4 Å². The van der Waals surface area contributed by atoms with Crippen LogP contribution < -0.4 is 15.4 Å². The SMILES string of the molecule is CC(C)Oc1ccn2c(-c3nc(NC4CCCNC4)ccc3F)cnc2c1. The predicted octanol–water partition coefficient (Wildman–Crippen LogP) is 3.49. The Morgan fingerprint density at radius 2 is 2.22 bits per heavy atom. The quantitative estimate of drug-likeness (QED) is 0.721. The standard InChI is InChI=1S/C20H24FN5O/c1-13(2)27-15-7-9-26-17(12-23-19(26)10-15)20-16(21)5-6-18(25-20)24-14-4-3-8-22-11-14/h5-7,9-10,12-14,22H,3-4,8,11H2,1-2H3,(H,24,25). The Labute approximate surface area is 157 Å². The van der Waals surface area contributed by atoms with Crippen LogP contribution in [0.15, 0.2) is 36.7 Å². The molecule has 4 heterocycles. The van der Waals surface area contributed by atoms with Crippen LogP contribution >= 0.6 is 0 Å². The Morgan fingerprint density at radius 3 is 3.00 bits per heavy atom. The summed E-state index contributed by atoms with van der Waals surface area (Å²) in [7, 11) is 0. The highest BCUT2D eigenvalue weighted by Crippen LogP contribution is 2.26. The van der Waals surface area contributed by atoms with Gasteiger partial charge >= 0.3 is 0 Å². The molecule has 142 valence electrons. The Morgan fingerprint density at radius 1 is 1.33 bits per heavy atom. The molecule has 0 aromatic carbocycles. The van der Waals surface area contributed by atoms with Crippen LogP contribution in [0.25, 0.3) is 17.0 Å². The van der Waals surface area contributed by atoms with E-state index in [1.165, 1.54) is 6.07 Å². The molecule has 4 rings (SSSR count). The fourth-order valence-electron chi connectivity index (χ4n) is 3.37. The van der Waals surface area contributed by atoms with Gasteiger partial charge in [0.15, 0.2) is 5.82 Å². The van der Waals surface area contributed by atoms with E-state index in [2.05, 4.69) is 20.6 Å². The number of hydrogen-bond donors (Lipinski definition) is 2. The van der Waals surface area contributed by atoms with Crippen LogP contribution in [0.5, 0.6) is 5.75 Å². The van der Waals surface area contributed by atoms with Crippen molar-refractivity contribution in [1.82, 2.24) is 19.7 Å². The van der Waals surface area contributed by atoms with E-state index in [1.807, 2.05) is 36.6 Å². The zero-order valence-corrected chi connectivity index (χ0v) is 15.6. The zero-order chi connectivity index (χ0) is 18.8. The van der Waals surface area contributed by atoms with Gasteiger partial charge in [-0.05, 0) is 51.4 Å². The molecule has 6 nitrogen and oxygen atoms in total. The molecule has 0 saturated carbocycles. The van der Waals surface area contributed by atoms with Gasteiger partial charge < -0.3 is 15.4 Å². The summed E-state index contributed by atoms with van der Waals surface area (Å²) in [5, 5.41) is 6.76. The highest BCUT2D eigenvalue weighted by molar-refractivity contribution is 5.63. The normalized spacial score (nSPS) is 17.4. The van der Waals surface area contributed by atoms with Crippen molar-refractivity contribution in [3.8, 4) is 17.1 Å². The monoisotopic (exact) mass is 369 g/mol. The number of pyridine rings is 2. The summed E-state index contributed by atoms with van der Waals surface area (Å²) >= 11 is 0. The maximum absolute atomic E-state index is 14.5. The van der Waals surface area contributed by atoms with Crippen LogP contribution in [0.1, 0.15) is 26.7 Å². The number of hydrogen-bond acceptors (Lipinski definition) is 5. The van der Waals surface area contributed by atoms with E-state index in [0.717, 1.165) is 31.7 Å². The number of fused-ring (bicyclic) bond motifs is 1. The second kappa shape index (κ2) is 7.52. The highest BCUT2D eigenvalue weighted by atomic mass is 19.1. The molecular formula is C20H24FN5O. The van der Waals surface area contributed by atoms with E-state index in [0.29, 0.717) is 23.2 Å². The molecule has 3 aromatic rings. The molecule has 2 N–H and O–H groups in total. The molecule has 1 saturated heterocycles. The van der Waals surface area contributed by atoms with Gasteiger partial charge in [0.2, 0.25) is 0 Å². The summed E-state index contributed by atoms with van der Waals surface area (Å²) in [6.07, 6.45) is 5.76. The van der Waals surface area contributed by atoms with Crippen molar-refractivity contribution >= 4 is 11.5 Å². The van der Waals surface area contributed by atoms with Gasteiger partial charge in [0.1, 0.15) is 22.9 Å². The largest absolute Gasteiger partial charge is 0.491 e. The zero-order valence-electron chi connectivity index (χ0n) is 15.6. The molecule has 1 aliphatic rings. The number of aromatic nitrogens is 3. The Hall–Kier alpha value is -2.67. The van der Waals surface area contributed by atoms with Gasteiger partial charge in [0.25, 0.3) is 0 Å². The molecule has 1 atom stereocenters. The predicted molar refractivity (Wildman–Crippen MR) is 104 cm³/mol. The molecule has 7 heteroatoms. The van der Waals surface area contributed by atoms with Crippen LogP contribution in [0.2, 0.25) is 0 Å². The lowest BCUT2D eigenvalue weighted by molar-refractivity contribution is 0.242. The topological polar surface area (TPSA) is 63.5 Å². The van der Waals surface area contributed by atoms with E-state index < -0.39 is 0 Å². The second-order valence-corrected chi connectivity index (χ2v) is 7.12. The fraction of sp³-hybridized carbons (Fsp3) is 0.400. The lowest BCUT2D eigenvalue weighted by atomic mass is 10.1. The van der Waals surface area contributed by atoms with Crippen LogP contribution in [0.4, 0.5) is 10.2 Å². The maximum atomic E-state index is 14.5. The maximum Gasteiger partial charge on any atom is 0.151 e. The number of ether oxygens (including phenoxy) is 1. The van der Waals surface area contributed by atoms with Crippen molar-refractivity contribution in [3.05, 3.63) is 42.5 Å². The third-order valence-corrected chi connectivity index (χ3v) is 4.59. The number of nitrogens with zero attached hydrogens (tertiary/aromatic N) is 3. The van der Waals surface area contributed by atoms with Gasteiger partial charge in [0, 0.05) is 24.8 Å². The second-order valence-electron chi connectivity index (χ2n) is 7.12. The summed E-state index contributed by atoms with van der Waals surface area (Å²) in [4.78, 5) is 8.92. The van der Waals surface area contributed by atoms with Gasteiger partial charge in [-0.2, -0.15) is 0 Å². The number of rotatable bonds is 5. The molecule has 0 radical (unpaired) electrons. The van der Waals surface area contributed by atoms with Crippen LogP contribution in [0.3, 0.4) is 0 Å². The van der Waals surface area contributed by atoms with E-state index >= 15 is 0 Å². The Bertz CT molecular complexity index is 933. The van der Waals surface area contributed by atoms with Crippen molar-refractivity contribution < 1.29 is 9.13 Å².